The molecule has 170 valence electrons. The van der Waals surface area contributed by atoms with Crippen molar-refractivity contribution in [2.45, 2.75) is 24.7 Å². The number of rotatable bonds is 5. The van der Waals surface area contributed by atoms with Crippen molar-refractivity contribution in [2.24, 2.45) is 12.0 Å². The first-order valence-electron chi connectivity index (χ1n) is 10.2. The van der Waals surface area contributed by atoms with Gasteiger partial charge >= 0.3 is 0 Å². The van der Waals surface area contributed by atoms with E-state index in [2.05, 4.69) is 35.7 Å². The molecule has 1 amide bonds. The van der Waals surface area contributed by atoms with Gasteiger partial charge in [-0.15, -0.1) is 0 Å². The van der Waals surface area contributed by atoms with Crippen molar-refractivity contribution in [3.63, 3.8) is 0 Å². The van der Waals surface area contributed by atoms with Gasteiger partial charge in [0.2, 0.25) is 0 Å². The fraction of sp³-hybridized carbons (Fsp3) is 0.167. The predicted molar refractivity (Wildman–Crippen MR) is 133 cm³/mol. The summed E-state index contributed by atoms with van der Waals surface area (Å²) in [4.78, 5) is 17.8. The maximum absolute atomic E-state index is 12.9. The average Bonchev–Trinajstić information content (AvgIpc) is 3.08. The molecule has 6 nitrogen and oxygen atoms in total. The van der Waals surface area contributed by atoms with Crippen LogP contribution in [-0.2, 0) is 17.1 Å². The van der Waals surface area contributed by atoms with Crippen LogP contribution < -0.4 is 9.52 Å². The third-order valence-electron chi connectivity index (χ3n) is 5.18. The molecule has 0 spiro atoms. The predicted octanol–water partition coefficient (Wildman–Crippen LogP) is 5.56. The van der Waals surface area contributed by atoms with Crippen LogP contribution in [0.3, 0.4) is 0 Å². The van der Waals surface area contributed by atoms with Crippen molar-refractivity contribution >= 4 is 54.8 Å². The minimum absolute atomic E-state index is 0.0754. The molecule has 9 heteroatoms. The lowest BCUT2D eigenvalue weighted by atomic mass is 10.0. The number of nitrogens with one attached hydrogen (secondary N) is 1. The monoisotopic (exact) mass is 499 g/mol. The SMILES string of the molecule is CC(C)c1ccc2c(c1)sc(=NC(=O)c1cccc(NS(=O)(=O)c3ccc(Cl)cc3)c1)n2C. The topological polar surface area (TPSA) is 80.5 Å². The van der Waals surface area contributed by atoms with Gasteiger partial charge in [0, 0.05) is 23.3 Å². The Balaban J connectivity index is 1.63. The first-order valence-corrected chi connectivity index (χ1v) is 12.9. The molecular formula is C24H22ClN3O3S2. The quantitative estimate of drug-likeness (QED) is 0.390. The van der Waals surface area contributed by atoms with E-state index in [1.807, 2.05) is 17.7 Å². The highest BCUT2D eigenvalue weighted by atomic mass is 35.5. The second-order valence-corrected chi connectivity index (χ2v) is 11.0. The molecule has 33 heavy (non-hydrogen) atoms. The van der Waals surface area contributed by atoms with Crippen molar-refractivity contribution in [3.8, 4) is 0 Å². The molecule has 0 fully saturated rings. The van der Waals surface area contributed by atoms with Crippen molar-refractivity contribution in [2.75, 3.05) is 4.72 Å². The van der Waals surface area contributed by atoms with E-state index in [0.717, 1.165) is 10.2 Å². The highest BCUT2D eigenvalue weighted by Gasteiger charge is 2.15. The van der Waals surface area contributed by atoms with Crippen LogP contribution in [-0.4, -0.2) is 18.9 Å². The molecule has 0 aliphatic heterocycles. The molecule has 0 unspecified atom stereocenters. The molecule has 0 radical (unpaired) electrons. The van der Waals surface area contributed by atoms with E-state index >= 15 is 0 Å². The van der Waals surface area contributed by atoms with Crippen molar-refractivity contribution in [1.82, 2.24) is 4.57 Å². The minimum atomic E-state index is -3.82. The Hall–Kier alpha value is -2.94. The summed E-state index contributed by atoms with van der Waals surface area (Å²) in [7, 11) is -1.95. The first kappa shape index (κ1) is 23.2. The standard InChI is InChI=1S/C24H22ClN3O3S2/c1-15(2)16-7-12-21-22(14-16)32-24(28(21)3)26-23(29)17-5-4-6-19(13-17)27-33(30,31)20-10-8-18(25)9-11-20/h4-15,27H,1-3H3. The molecule has 0 saturated heterocycles. The Morgan fingerprint density at radius 3 is 2.48 bits per heavy atom. The van der Waals surface area contributed by atoms with Crippen molar-refractivity contribution in [1.29, 1.82) is 0 Å². The molecule has 3 aromatic carbocycles. The fourth-order valence-corrected chi connectivity index (χ4v) is 5.55. The number of aryl methyl sites for hydroxylation is 1. The van der Waals surface area contributed by atoms with Gasteiger partial charge in [-0.2, -0.15) is 4.99 Å². The van der Waals surface area contributed by atoms with E-state index in [9.17, 15) is 13.2 Å². The summed E-state index contributed by atoms with van der Waals surface area (Å²) in [6.07, 6.45) is 0. The van der Waals surface area contributed by atoms with Crippen LogP contribution >= 0.6 is 22.9 Å². The van der Waals surface area contributed by atoms with E-state index in [1.54, 1.807) is 18.2 Å². The summed E-state index contributed by atoms with van der Waals surface area (Å²) in [6, 6.07) is 18.4. The smallest absolute Gasteiger partial charge is 0.279 e. The van der Waals surface area contributed by atoms with Crippen molar-refractivity contribution < 1.29 is 13.2 Å². The van der Waals surface area contributed by atoms with Gasteiger partial charge in [-0.25, -0.2) is 8.42 Å². The Labute approximate surface area is 201 Å². The number of carbonyl (C=O) groups is 1. The van der Waals surface area contributed by atoms with E-state index in [-0.39, 0.29) is 16.1 Å². The maximum Gasteiger partial charge on any atom is 0.279 e. The second-order valence-electron chi connectivity index (χ2n) is 7.88. The van der Waals surface area contributed by atoms with Gasteiger partial charge in [0.05, 0.1) is 15.1 Å². The molecule has 4 rings (SSSR count). The normalized spacial score (nSPS) is 12.5. The van der Waals surface area contributed by atoms with Gasteiger partial charge in [0.15, 0.2) is 4.80 Å². The number of benzene rings is 3. The molecule has 1 N–H and O–H groups in total. The van der Waals surface area contributed by atoms with E-state index in [0.29, 0.717) is 15.7 Å². The fourth-order valence-electron chi connectivity index (χ4n) is 3.31. The molecule has 0 saturated carbocycles. The summed E-state index contributed by atoms with van der Waals surface area (Å²) in [5.41, 5.74) is 2.78. The molecule has 0 aliphatic carbocycles. The largest absolute Gasteiger partial charge is 0.319 e. The Bertz CT molecular complexity index is 1520. The number of halogens is 1. The summed E-state index contributed by atoms with van der Waals surface area (Å²) in [5.74, 6) is -0.0444. The number of aromatic nitrogens is 1. The summed E-state index contributed by atoms with van der Waals surface area (Å²) in [5, 5.41) is 0.443. The number of sulfonamides is 1. The zero-order valence-corrected chi connectivity index (χ0v) is 20.6. The summed E-state index contributed by atoms with van der Waals surface area (Å²) >= 11 is 7.28. The highest BCUT2D eigenvalue weighted by Crippen LogP contribution is 2.23. The lowest BCUT2D eigenvalue weighted by Crippen LogP contribution is -2.14. The zero-order valence-electron chi connectivity index (χ0n) is 18.2. The van der Waals surface area contributed by atoms with Crippen LogP contribution in [0.15, 0.2) is 76.6 Å². The van der Waals surface area contributed by atoms with Crippen LogP contribution in [0.2, 0.25) is 5.02 Å². The molecule has 1 heterocycles. The van der Waals surface area contributed by atoms with Gasteiger partial charge in [-0.05, 0) is 66.1 Å². The zero-order chi connectivity index (χ0) is 23.8. The first-order chi connectivity index (χ1) is 15.6. The average molecular weight is 500 g/mol. The number of thiazole rings is 1. The molecule has 0 bridgehead atoms. The number of hydrogen-bond donors (Lipinski definition) is 1. The molecular weight excluding hydrogens is 478 g/mol. The Morgan fingerprint density at radius 2 is 1.79 bits per heavy atom. The third-order valence-corrected chi connectivity index (χ3v) is 7.93. The maximum atomic E-state index is 12.9. The van der Waals surface area contributed by atoms with Gasteiger partial charge in [0.1, 0.15) is 0 Å². The second kappa shape index (κ2) is 9.13. The third kappa shape index (κ3) is 5.03. The van der Waals surface area contributed by atoms with Crippen LogP contribution in [0.1, 0.15) is 35.7 Å². The van der Waals surface area contributed by atoms with Crippen LogP contribution in [0, 0.1) is 0 Å². The Kier molecular flexibility index (Phi) is 6.43. The van der Waals surface area contributed by atoms with Gasteiger partial charge in [-0.1, -0.05) is 48.9 Å². The van der Waals surface area contributed by atoms with Crippen LogP contribution in [0.5, 0.6) is 0 Å². The highest BCUT2D eigenvalue weighted by molar-refractivity contribution is 7.92. The van der Waals surface area contributed by atoms with Crippen molar-refractivity contribution in [3.05, 3.63) is 87.7 Å². The van der Waals surface area contributed by atoms with Crippen LogP contribution in [0.25, 0.3) is 10.2 Å². The van der Waals surface area contributed by atoms with E-state index in [4.69, 9.17) is 11.6 Å². The summed E-state index contributed by atoms with van der Waals surface area (Å²) < 4.78 is 30.7. The number of nitrogens with zero attached hydrogens (tertiary/aromatic N) is 2. The van der Waals surface area contributed by atoms with Gasteiger partial charge < -0.3 is 4.57 Å². The molecule has 0 aliphatic rings. The summed E-state index contributed by atoms with van der Waals surface area (Å²) in [6.45, 7) is 4.27. The van der Waals surface area contributed by atoms with Gasteiger partial charge in [0.25, 0.3) is 15.9 Å². The number of amides is 1. The van der Waals surface area contributed by atoms with E-state index < -0.39 is 15.9 Å². The molecule has 1 aromatic heterocycles. The lowest BCUT2D eigenvalue weighted by Gasteiger charge is -2.09. The molecule has 4 aromatic rings. The number of hydrogen-bond acceptors (Lipinski definition) is 4. The number of anilines is 1. The molecule has 0 atom stereocenters. The van der Waals surface area contributed by atoms with E-state index in [1.165, 1.54) is 47.2 Å². The lowest BCUT2D eigenvalue weighted by molar-refractivity contribution is 0.0998. The minimum Gasteiger partial charge on any atom is -0.319 e. The number of carbonyl (C=O) groups excluding carboxylic acids is 1. The van der Waals surface area contributed by atoms with Gasteiger partial charge in [-0.3, -0.25) is 9.52 Å². The number of fused-ring (bicyclic) bond motifs is 1. The van der Waals surface area contributed by atoms with Crippen LogP contribution in [0.4, 0.5) is 5.69 Å². The Morgan fingerprint density at radius 1 is 1.06 bits per heavy atom.